The average Bonchev–Trinajstić information content (AvgIpc) is 2.89. The van der Waals surface area contributed by atoms with Crippen molar-refractivity contribution in [2.45, 2.75) is 25.4 Å². The van der Waals surface area contributed by atoms with Gasteiger partial charge in [0, 0.05) is 45.9 Å². The van der Waals surface area contributed by atoms with E-state index in [9.17, 15) is 9.90 Å². The van der Waals surface area contributed by atoms with Gasteiger partial charge in [-0.05, 0) is 35.1 Å². The number of aliphatic hydroxyl groups is 1. The topological polar surface area (TPSA) is 55.8 Å². The molecule has 1 fully saturated rings. The van der Waals surface area contributed by atoms with Gasteiger partial charge in [0.2, 0.25) is 5.91 Å². The van der Waals surface area contributed by atoms with Gasteiger partial charge in [0.1, 0.15) is 0 Å². The Morgan fingerprint density at radius 2 is 1.41 bits per heavy atom. The number of hydrogen-bond acceptors (Lipinski definition) is 4. The number of nitrogens with zero attached hydrogens (tertiary/aromatic N) is 2. The van der Waals surface area contributed by atoms with Crippen LogP contribution < -0.4 is 5.32 Å². The summed E-state index contributed by atoms with van der Waals surface area (Å²) in [6, 6.07) is 29.1. The molecule has 3 aromatic carbocycles. The molecule has 5 heteroatoms. The van der Waals surface area contributed by atoms with E-state index in [1.807, 2.05) is 24.3 Å². The van der Waals surface area contributed by atoms with Crippen molar-refractivity contribution in [3.05, 3.63) is 96.1 Å². The lowest BCUT2D eigenvalue weighted by atomic mass is 10.0. The van der Waals surface area contributed by atoms with Crippen LogP contribution in [-0.2, 0) is 17.8 Å². The number of hydrogen-bond donors (Lipinski definition) is 2. The minimum absolute atomic E-state index is 0.0171. The highest BCUT2D eigenvalue weighted by Crippen LogP contribution is 2.19. The third-order valence-electron chi connectivity index (χ3n) is 6.58. The Morgan fingerprint density at radius 1 is 0.794 bits per heavy atom. The molecular weight excluding hydrogens is 422 g/mol. The van der Waals surface area contributed by atoms with Crippen LogP contribution in [0.4, 0.5) is 0 Å². The summed E-state index contributed by atoms with van der Waals surface area (Å²) >= 11 is 0. The molecule has 1 aliphatic heterocycles. The summed E-state index contributed by atoms with van der Waals surface area (Å²) in [4.78, 5) is 17.6. The Balaban J connectivity index is 1.24. The highest BCUT2D eigenvalue weighted by Gasteiger charge is 2.28. The van der Waals surface area contributed by atoms with Gasteiger partial charge in [0.05, 0.1) is 6.04 Å². The van der Waals surface area contributed by atoms with E-state index in [4.69, 9.17) is 0 Å². The predicted octanol–water partition coefficient (Wildman–Crippen LogP) is 3.58. The highest BCUT2D eigenvalue weighted by atomic mass is 16.3. The summed E-state index contributed by atoms with van der Waals surface area (Å²) in [5.41, 5.74) is 4.92. The second kappa shape index (κ2) is 12.5. The van der Waals surface area contributed by atoms with Crippen molar-refractivity contribution in [3.63, 3.8) is 0 Å². The molecule has 0 bridgehead atoms. The third-order valence-corrected chi connectivity index (χ3v) is 6.58. The van der Waals surface area contributed by atoms with Gasteiger partial charge in [-0.1, -0.05) is 84.9 Å². The van der Waals surface area contributed by atoms with E-state index >= 15 is 0 Å². The Kier molecular flexibility index (Phi) is 8.85. The molecule has 0 aliphatic carbocycles. The first kappa shape index (κ1) is 24.1. The van der Waals surface area contributed by atoms with Gasteiger partial charge in [0.25, 0.3) is 0 Å². The maximum absolute atomic E-state index is 13.0. The van der Waals surface area contributed by atoms with Crippen LogP contribution in [0, 0.1) is 0 Å². The van der Waals surface area contributed by atoms with E-state index in [-0.39, 0.29) is 18.6 Å². The van der Waals surface area contributed by atoms with Crippen molar-refractivity contribution < 1.29 is 9.90 Å². The van der Waals surface area contributed by atoms with Gasteiger partial charge in [-0.25, -0.2) is 0 Å². The molecule has 178 valence electrons. The summed E-state index contributed by atoms with van der Waals surface area (Å²) in [5.74, 6) is 0.0199. The van der Waals surface area contributed by atoms with Gasteiger partial charge in [-0.15, -0.1) is 0 Å². The van der Waals surface area contributed by atoms with Crippen LogP contribution in [0.25, 0.3) is 11.1 Å². The van der Waals surface area contributed by atoms with Crippen molar-refractivity contribution in [2.24, 2.45) is 0 Å². The minimum atomic E-state index is -0.274. The molecule has 1 unspecified atom stereocenters. The largest absolute Gasteiger partial charge is 0.396 e. The van der Waals surface area contributed by atoms with E-state index in [1.165, 1.54) is 22.3 Å². The molecular formula is C29H35N3O2. The first-order chi connectivity index (χ1) is 16.7. The number of carbonyl (C=O) groups excluding carboxylic acids is 1. The van der Waals surface area contributed by atoms with Crippen LogP contribution >= 0.6 is 0 Å². The number of carbonyl (C=O) groups is 1. The lowest BCUT2D eigenvalue weighted by Gasteiger charge is -2.38. The maximum Gasteiger partial charge on any atom is 0.237 e. The summed E-state index contributed by atoms with van der Waals surface area (Å²) in [7, 11) is 0. The van der Waals surface area contributed by atoms with Crippen LogP contribution in [0.15, 0.2) is 84.9 Å². The molecule has 1 heterocycles. The lowest BCUT2D eigenvalue weighted by Crippen LogP contribution is -2.55. The van der Waals surface area contributed by atoms with Crippen LogP contribution in [0.5, 0.6) is 0 Å². The molecule has 0 aromatic heterocycles. The fraction of sp³-hybridized carbons (Fsp3) is 0.345. The fourth-order valence-corrected chi connectivity index (χ4v) is 4.62. The first-order valence-electron chi connectivity index (χ1n) is 12.3. The zero-order chi connectivity index (χ0) is 23.6. The zero-order valence-electron chi connectivity index (χ0n) is 19.8. The molecule has 1 aliphatic rings. The van der Waals surface area contributed by atoms with Gasteiger partial charge in [0.15, 0.2) is 0 Å². The third kappa shape index (κ3) is 6.76. The van der Waals surface area contributed by atoms with Crippen LogP contribution in [-0.4, -0.2) is 66.2 Å². The van der Waals surface area contributed by atoms with Crippen LogP contribution in [0.2, 0.25) is 0 Å². The SMILES string of the molecule is O=C(NCCc1ccc(-c2ccccc2)cc1)C(CCO)N1CCN(Cc2ccccc2)CC1. The molecule has 3 aromatic rings. The highest BCUT2D eigenvalue weighted by molar-refractivity contribution is 5.81. The minimum Gasteiger partial charge on any atom is -0.396 e. The molecule has 5 nitrogen and oxygen atoms in total. The fourth-order valence-electron chi connectivity index (χ4n) is 4.62. The number of benzene rings is 3. The summed E-state index contributed by atoms with van der Waals surface area (Å²) in [6.45, 7) is 5.09. The standard InChI is InChI=1S/C29H35N3O2/c33-22-16-28(32-20-18-31(19-21-32)23-25-7-3-1-4-8-25)29(34)30-17-15-24-11-13-27(14-12-24)26-9-5-2-6-10-26/h1-14,28,33H,15-23H2,(H,30,34). The van der Waals surface area contributed by atoms with E-state index < -0.39 is 0 Å². The average molecular weight is 458 g/mol. The predicted molar refractivity (Wildman–Crippen MR) is 137 cm³/mol. The van der Waals surface area contributed by atoms with Crippen molar-refractivity contribution in [3.8, 4) is 11.1 Å². The Labute approximate surface area is 203 Å². The number of piperazine rings is 1. The number of aliphatic hydroxyl groups excluding tert-OH is 1. The Hall–Kier alpha value is -2.99. The number of nitrogens with one attached hydrogen (secondary N) is 1. The second-order valence-corrected chi connectivity index (χ2v) is 8.93. The van der Waals surface area contributed by atoms with Gasteiger partial charge in [-0.3, -0.25) is 14.6 Å². The summed E-state index contributed by atoms with van der Waals surface area (Å²) < 4.78 is 0. The monoisotopic (exact) mass is 457 g/mol. The molecule has 1 amide bonds. The van der Waals surface area contributed by atoms with Crippen LogP contribution in [0.3, 0.4) is 0 Å². The Morgan fingerprint density at radius 3 is 2.06 bits per heavy atom. The molecule has 0 spiro atoms. The molecule has 34 heavy (non-hydrogen) atoms. The zero-order valence-corrected chi connectivity index (χ0v) is 19.8. The molecule has 0 radical (unpaired) electrons. The second-order valence-electron chi connectivity index (χ2n) is 8.93. The molecule has 0 saturated carbocycles. The number of amides is 1. The van der Waals surface area contributed by atoms with Crippen molar-refractivity contribution >= 4 is 5.91 Å². The van der Waals surface area contributed by atoms with Crippen LogP contribution in [0.1, 0.15) is 17.5 Å². The van der Waals surface area contributed by atoms with E-state index in [2.05, 4.69) is 75.8 Å². The van der Waals surface area contributed by atoms with Crippen molar-refractivity contribution in [2.75, 3.05) is 39.3 Å². The Bertz CT molecular complexity index is 1000. The van der Waals surface area contributed by atoms with Gasteiger partial charge in [-0.2, -0.15) is 0 Å². The quantitative estimate of drug-likeness (QED) is 0.489. The summed E-state index contributed by atoms with van der Waals surface area (Å²) in [5, 5.41) is 12.7. The smallest absolute Gasteiger partial charge is 0.237 e. The first-order valence-corrected chi connectivity index (χ1v) is 12.3. The van der Waals surface area contributed by atoms with E-state index in [0.717, 1.165) is 39.1 Å². The number of rotatable bonds is 10. The van der Waals surface area contributed by atoms with Crippen molar-refractivity contribution in [1.82, 2.24) is 15.1 Å². The normalized spacial score (nSPS) is 15.7. The summed E-state index contributed by atoms with van der Waals surface area (Å²) in [6.07, 6.45) is 1.26. The molecule has 1 saturated heterocycles. The van der Waals surface area contributed by atoms with E-state index in [1.54, 1.807) is 0 Å². The van der Waals surface area contributed by atoms with Crippen molar-refractivity contribution in [1.29, 1.82) is 0 Å². The molecule has 4 rings (SSSR count). The van der Waals surface area contributed by atoms with E-state index in [0.29, 0.717) is 13.0 Å². The van der Waals surface area contributed by atoms with Gasteiger partial charge < -0.3 is 10.4 Å². The molecule has 1 atom stereocenters. The molecule has 2 N–H and O–H groups in total. The van der Waals surface area contributed by atoms with Gasteiger partial charge >= 0.3 is 0 Å². The lowest BCUT2D eigenvalue weighted by molar-refractivity contribution is -0.127. The maximum atomic E-state index is 13.0.